The number of pyridine rings is 1. The summed E-state index contributed by atoms with van der Waals surface area (Å²) in [6, 6.07) is 2.14. The molecule has 0 radical (unpaired) electrons. The van der Waals surface area contributed by atoms with Crippen LogP contribution in [0.4, 0.5) is 19.1 Å². The Kier molecular flexibility index (Phi) is 4.66. The summed E-state index contributed by atoms with van der Waals surface area (Å²) in [5.74, 6) is -0.395. The maximum atomic E-state index is 14.3. The molecule has 27 heavy (non-hydrogen) atoms. The first-order valence-corrected chi connectivity index (χ1v) is 8.33. The van der Waals surface area contributed by atoms with Gasteiger partial charge < -0.3 is 15.2 Å². The number of fused-ring (bicyclic) bond motifs is 1. The molecule has 0 saturated carbocycles. The smallest absolute Gasteiger partial charge is 0.265 e. The number of nitrogens with zero attached hydrogens (tertiary/aromatic N) is 4. The fraction of sp³-hybridized carbons (Fsp3) is 0.353. The molecule has 0 aromatic carbocycles. The monoisotopic (exact) mass is 379 g/mol. The molecule has 0 bridgehead atoms. The number of rotatable bonds is 4. The largest absolute Gasteiger partial charge is 0.389 e. The van der Waals surface area contributed by atoms with Crippen molar-refractivity contribution < 1.29 is 23.0 Å². The average molecular weight is 379 g/mol. The molecule has 1 fully saturated rings. The van der Waals surface area contributed by atoms with Gasteiger partial charge in [-0.25, -0.2) is 22.7 Å². The number of hydrogen-bond donors (Lipinski definition) is 2. The summed E-state index contributed by atoms with van der Waals surface area (Å²) in [5.41, 5.74) is 0.420. The number of aliphatic hydroxyl groups is 1. The average Bonchev–Trinajstić information content (AvgIpc) is 3.00. The molecule has 4 rings (SSSR count). The summed E-state index contributed by atoms with van der Waals surface area (Å²) in [6.45, 7) is 0.696. The molecule has 3 aromatic rings. The zero-order valence-electron chi connectivity index (χ0n) is 14.0. The van der Waals surface area contributed by atoms with E-state index in [4.69, 9.17) is 4.74 Å². The van der Waals surface area contributed by atoms with Crippen molar-refractivity contribution in [3.05, 3.63) is 42.1 Å². The molecule has 142 valence electrons. The molecule has 1 saturated heterocycles. The van der Waals surface area contributed by atoms with E-state index in [-0.39, 0.29) is 35.4 Å². The van der Waals surface area contributed by atoms with E-state index in [0.717, 1.165) is 6.20 Å². The second-order valence-electron chi connectivity index (χ2n) is 6.25. The second-order valence-corrected chi connectivity index (χ2v) is 6.25. The number of aliphatic hydroxyl groups excluding tert-OH is 1. The van der Waals surface area contributed by atoms with E-state index >= 15 is 0 Å². The van der Waals surface area contributed by atoms with E-state index in [1.807, 2.05) is 0 Å². The highest BCUT2D eigenvalue weighted by molar-refractivity contribution is 5.67. The molecule has 3 aromatic heterocycles. The Balaban J connectivity index is 1.72. The summed E-state index contributed by atoms with van der Waals surface area (Å²) in [5, 5.41) is 17.2. The number of aromatic nitrogens is 4. The molecular weight excluding hydrogens is 363 g/mol. The van der Waals surface area contributed by atoms with Crippen molar-refractivity contribution in [3.63, 3.8) is 0 Å². The van der Waals surface area contributed by atoms with E-state index in [9.17, 15) is 18.3 Å². The van der Waals surface area contributed by atoms with Crippen LogP contribution in [0, 0.1) is 5.82 Å². The summed E-state index contributed by atoms with van der Waals surface area (Å²) in [6.07, 6.45) is 0.889. The van der Waals surface area contributed by atoms with E-state index in [0.29, 0.717) is 18.6 Å². The number of anilines is 1. The van der Waals surface area contributed by atoms with Crippen LogP contribution < -0.4 is 5.32 Å². The molecule has 2 atom stereocenters. The van der Waals surface area contributed by atoms with Crippen LogP contribution in [0.1, 0.15) is 18.4 Å². The van der Waals surface area contributed by atoms with Crippen LogP contribution in [0.3, 0.4) is 0 Å². The summed E-state index contributed by atoms with van der Waals surface area (Å²) in [4.78, 5) is 7.88. The zero-order valence-corrected chi connectivity index (χ0v) is 14.0. The second kappa shape index (κ2) is 7.12. The molecule has 4 heterocycles. The van der Waals surface area contributed by atoms with Crippen molar-refractivity contribution in [2.24, 2.45) is 0 Å². The Hall–Kier alpha value is -2.72. The Bertz CT molecular complexity index is 965. The van der Waals surface area contributed by atoms with Crippen molar-refractivity contribution in [2.75, 3.05) is 18.5 Å². The van der Waals surface area contributed by atoms with E-state index < -0.39 is 18.3 Å². The maximum Gasteiger partial charge on any atom is 0.265 e. The molecule has 0 spiro atoms. The molecule has 0 unspecified atom stereocenters. The predicted molar refractivity (Wildman–Crippen MR) is 90.0 cm³/mol. The van der Waals surface area contributed by atoms with Crippen molar-refractivity contribution in [3.8, 4) is 11.3 Å². The van der Waals surface area contributed by atoms with Gasteiger partial charge in [-0.1, -0.05) is 0 Å². The Labute approximate surface area is 151 Å². The van der Waals surface area contributed by atoms with Gasteiger partial charge in [-0.3, -0.25) is 4.98 Å². The van der Waals surface area contributed by atoms with Crippen LogP contribution >= 0.6 is 0 Å². The Morgan fingerprint density at radius 3 is 2.89 bits per heavy atom. The van der Waals surface area contributed by atoms with Gasteiger partial charge in [0.15, 0.2) is 5.82 Å². The van der Waals surface area contributed by atoms with Crippen molar-refractivity contribution in [1.29, 1.82) is 0 Å². The minimum absolute atomic E-state index is 0.102. The van der Waals surface area contributed by atoms with E-state index in [1.54, 1.807) is 0 Å². The molecule has 2 N–H and O–H groups in total. The fourth-order valence-electron chi connectivity index (χ4n) is 3.00. The highest BCUT2D eigenvalue weighted by Crippen LogP contribution is 2.27. The van der Waals surface area contributed by atoms with E-state index in [2.05, 4.69) is 20.4 Å². The Morgan fingerprint density at radius 1 is 1.26 bits per heavy atom. The first-order valence-electron chi connectivity index (χ1n) is 8.33. The topological polar surface area (TPSA) is 84.6 Å². The lowest BCUT2D eigenvalue weighted by atomic mass is 10.1. The van der Waals surface area contributed by atoms with Crippen LogP contribution in [-0.2, 0) is 4.74 Å². The van der Waals surface area contributed by atoms with Crippen LogP contribution in [0.5, 0.6) is 0 Å². The summed E-state index contributed by atoms with van der Waals surface area (Å²) in [7, 11) is 0. The van der Waals surface area contributed by atoms with Gasteiger partial charge in [-0.05, 0) is 12.5 Å². The van der Waals surface area contributed by atoms with Gasteiger partial charge in [0.05, 0.1) is 30.6 Å². The van der Waals surface area contributed by atoms with Gasteiger partial charge in [0.2, 0.25) is 5.95 Å². The zero-order chi connectivity index (χ0) is 19.0. The van der Waals surface area contributed by atoms with Crippen molar-refractivity contribution in [2.45, 2.75) is 25.0 Å². The minimum atomic E-state index is -2.68. The first kappa shape index (κ1) is 17.7. The number of halogens is 3. The summed E-state index contributed by atoms with van der Waals surface area (Å²) >= 11 is 0. The van der Waals surface area contributed by atoms with Crippen LogP contribution in [-0.4, -0.2) is 50.0 Å². The third-order valence-corrected chi connectivity index (χ3v) is 4.42. The SMILES string of the molecule is O[C@@H]1COCC[C@H]1Nc1ncc2c(F)cc(-c3cncc(C(F)F)c3)n2n1. The van der Waals surface area contributed by atoms with Crippen molar-refractivity contribution >= 4 is 11.5 Å². The fourth-order valence-corrected chi connectivity index (χ4v) is 3.00. The van der Waals surface area contributed by atoms with Crippen LogP contribution in [0.2, 0.25) is 0 Å². The number of nitrogens with one attached hydrogen (secondary N) is 1. The molecule has 0 amide bonds. The lowest BCUT2D eigenvalue weighted by Crippen LogP contribution is -2.42. The molecular formula is C17H16F3N5O2. The van der Waals surface area contributed by atoms with Gasteiger partial charge in [0, 0.05) is 36.2 Å². The quantitative estimate of drug-likeness (QED) is 0.724. The van der Waals surface area contributed by atoms with Gasteiger partial charge in [0.1, 0.15) is 5.52 Å². The van der Waals surface area contributed by atoms with Gasteiger partial charge in [0.25, 0.3) is 6.43 Å². The summed E-state index contributed by atoms with van der Waals surface area (Å²) < 4.78 is 46.6. The predicted octanol–water partition coefficient (Wildman–Crippen LogP) is 2.43. The molecule has 7 nitrogen and oxygen atoms in total. The Morgan fingerprint density at radius 2 is 2.11 bits per heavy atom. The number of alkyl halides is 2. The maximum absolute atomic E-state index is 14.3. The van der Waals surface area contributed by atoms with Gasteiger partial charge in [-0.2, -0.15) is 0 Å². The van der Waals surface area contributed by atoms with E-state index in [1.165, 1.54) is 29.0 Å². The molecule has 1 aliphatic rings. The minimum Gasteiger partial charge on any atom is -0.389 e. The molecule has 0 aliphatic carbocycles. The molecule has 1 aliphatic heterocycles. The van der Waals surface area contributed by atoms with Gasteiger partial charge >= 0.3 is 0 Å². The standard InChI is InChI=1S/C17H16F3N5O2/c18-11-4-13(9-3-10(16(19)20)6-21-5-9)25-14(11)7-22-17(24-25)23-12-1-2-27-8-15(12)26/h3-7,12,15-16,26H,1-2,8H2,(H,23,24)/t12-,15-/m1/s1. The third-order valence-electron chi connectivity index (χ3n) is 4.42. The highest BCUT2D eigenvalue weighted by atomic mass is 19.3. The lowest BCUT2D eigenvalue weighted by Gasteiger charge is -2.28. The first-order chi connectivity index (χ1) is 13.0. The number of ether oxygens (including phenoxy) is 1. The van der Waals surface area contributed by atoms with Crippen LogP contribution in [0.15, 0.2) is 30.7 Å². The van der Waals surface area contributed by atoms with Crippen LogP contribution in [0.25, 0.3) is 16.8 Å². The molecule has 10 heteroatoms. The lowest BCUT2D eigenvalue weighted by molar-refractivity contribution is -0.0136. The highest BCUT2D eigenvalue weighted by Gasteiger charge is 2.24. The third kappa shape index (κ3) is 3.45. The van der Waals surface area contributed by atoms with Gasteiger partial charge in [-0.15, -0.1) is 5.10 Å². The number of hydrogen-bond acceptors (Lipinski definition) is 6. The normalized spacial score (nSPS) is 20.3. The van der Waals surface area contributed by atoms with Crippen molar-refractivity contribution in [1.82, 2.24) is 19.6 Å².